The minimum Gasteiger partial charge on any atom is -0.508 e. The predicted octanol–water partition coefficient (Wildman–Crippen LogP) is 3.96. The number of benzene rings is 2. The monoisotopic (exact) mass is 360 g/mol. The Balaban J connectivity index is 1.65. The van der Waals surface area contributed by atoms with Crippen LogP contribution in [0, 0.1) is 5.41 Å². The Hall–Kier alpha value is -2.24. The summed E-state index contributed by atoms with van der Waals surface area (Å²) < 4.78 is 0. The third-order valence-electron chi connectivity index (χ3n) is 4.23. The van der Waals surface area contributed by atoms with E-state index in [2.05, 4.69) is 5.32 Å². The van der Waals surface area contributed by atoms with Crippen LogP contribution in [0.5, 0.6) is 5.75 Å². The number of phenols is 1. The second-order valence-electron chi connectivity index (χ2n) is 6.79. The number of aromatic hydroxyl groups is 1. The van der Waals surface area contributed by atoms with E-state index in [1.54, 1.807) is 12.1 Å². The van der Waals surface area contributed by atoms with Crippen LogP contribution in [0.1, 0.15) is 25.0 Å². The van der Waals surface area contributed by atoms with Crippen LogP contribution in [-0.4, -0.2) is 22.7 Å². The first-order valence-corrected chi connectivity index (χ1v) is 8.49. The van der Waals surface area contributed by atoms with Crippen molar-refractivity contribution in [3.05, 3.63) is 58.6 Å². The summed E-state index contributed by atoms with van der Waals surface area (Å²) in [7, 11) is 0. The molecule has 0 aromatic heterocycles. The van der Waals surface area contributed by atoms with Crippen molar-refractivity contribution >= 4 is 23.2 Å². The van der Waals surface area contributed by atoms with E-state index in [1.807, 2.05) is 44.2 Å². The fourth-order valence-electron chi connectivity index (χ4n) is 2.61. The Morgan fingerprint density at radius 3 is 2.64 bits per heavy atom. The third-order valence-corrected chi connectivity index (χ3v) is 4.58. The minimum absolute atomic E-state index is 0.0367. The molecule has 6 heteroatoms. The lowest BCUT2D eigenvalue weighted by Crippen LogP contribution is -2.30. The maximum atomic E-state index is 12.2. The minimum atomic E-state index is -0.494. The zero-order valence-corrected chi connectivity index (χ0v) is 15.0. The van der Waals surface area contributed by atoms with Crippen molar-refractivity contribution in [1.29, 1.82) is 0 Å². The van der Waals surface area contributed by atoms with Gasteiger partial charge in [-0.1, -0.05) is 35.9 Å². The van der Waals surface area contributed by atoms with Gasteiger partial charge in [0, 0.05) is 22.8 Å². The number of hydroxylamine groups is 2. The zero-order chi connectivity index (χ0) is 18.0. The topological polar surface area (TPSA) is 61.8 Å². The quantitative estimate of drug-likeness (QED) is 0.847. The van der Waals surface area contributed by atoms with Gasteiger partial charge < -0.3 is 10.4 Å². The number of halogens is 1. The fraction of sp³-hybridized carbons (Fsp3) is 0.316. The van der Waals surface area contributed by atoms with E-state index in [9.17, 15) is 9.90 Å². The number of phenolic OH excluding ortho intramolecular Hbond substituents is 1. The summed E-state index contributed by atoms with van der Waals surface area (Å²) in [5, 5.41) is 15.0. The van der Waals surface area contributed by atoms with Gasteiger partial charge in [-0.05, 0) is 37.6 Å². The van der Waals surface area contributed by atoms with E-state index < -0.39 is 5.41 Å². The molecule has 0 atom stereocenters. The van der Waals surface area contributed by atoms with Gasteiger partial charge in [-0.25, -0.2) is 5.06 Å². The summed E-state index contributed by atoms with van der Waals surface area (Å²) in [6.07, 6.45) is 0. The first-order chi connectivity index (χ1) is 11.9. The van der Waals surface area contributed by atoms with Crippen LogP contribution in [-0.2, 0) is 22.7 Å². The van der Waals surface area contributed by atoms with Gasteiger partial charge >= 0.3 is 0 Å². The first-order valence-electron chi connectivity index (χ1n) is 8.11. The Bertz CT molecular complexity index is 792. The van der Waals surface area contributed by atoms with Crippen molar-refractivity contribution in [3.63, 3.8) is 0 Å². The number of hydrogen-bond donors (Lipinski definition) is 2. The number of nitrogens with one attached hydrogen (secondary N) is 1. The summed E-state index contributed by atoms with van der Waals surface area (Å²) in [6.45, 7) is 4.92. The van der Waals surface area contributed by atoms with Gasteiger partial charge in [0.25, 0.3) is 5.91 Å². The zero-order valence-electron chi connectivity index (χ0n) is 14.3. The average molecular weight is 361 g/mol. The summed E-state index contributed by atoms with van der Waals surface area (Å²) in [5.74, 6) is 0.218. The number of hydrogen-bond acceptors (Lipinski definition) is 4. The Morgan fingerprint density at radius 1 is 1.24 bits per heavy atom. The lowest BCUT2D eigenvalue weighted by molar-refractivity contribution is -0.165. The van der Waals surface area contributed by atoms with Gasteiger partial charge in [-0.2, -0.15) is 0 Å². The standard InChI is InChI=1S/C19H21ClN2O3/c1-19(2)12-25-22(18(19)24)11-14-7-8-15(9-16(14)20)21-10-13-5-3-4-6-17(13)23/h3-9,21,23H,10-12H2,1-2H3. The van der Waals surface area contributed by atoms with E-state index in [0.717, 1.165) is 16.8 Å². The highest BCUT2D eigenvalue weighted by atomic mass is 35.5. The van der Waals surface area contributed by atoms with Gasteiger partial charge in [0.05, 0.1) is 18.6 Å². The molecule has 0 unspecified atom stereocenters. The molecule has 25 heavy (non-hydrogen) atoms. The van der Waals surface area contributed by atoms with Crippen LogP contribution in [0.3, 0.4) is 0 Å². The molecule has 3 rings (SSSR count). The molecule has 1 amide bonds. The Kier molecular flexibility index (Phi) is 4.88. The van der Waals surface area contributed by atoms with Crippen molar-refractivity contribution in [3.8, 4) is 5.75 Å². The molecule has 0 bridgehead atoms. The van der Waals surface area contributed by atoms with Crippen LogP contribution in [0.2, 0.25) is 5.02 Å². The molecule has 0 radical (unpaired) electrons. The highest BCUT2D eigenvalue weighted by molar-refractivity contribution is 6.31. The number of rotatable bonds is 5. The van der Waals surface area contributed by atoms with Crippen LogP contribution < -0.4 is 5.32 Å². The molecule has 132 valence electrons. The van der Waals surface area contributed by atoms with Crippen LogP contribution >= 0.6 is 11.6 Å². The number of carbonyl (C=O) groups excluding carboxylic acids is 1. The molecule has 1 aliphatic heterocycles. The highest BCUT2D eigenvalue weighted by Crippen LogP contribution is 2.30. The first kappa shape index (κ1) is 17.6. The van der Waals surface area contributed by atoms with Crippen LogP contribution in [0.4, 0.5) is 5.69 Å². The molecule has 0 aliphatic carbocycles. The Labute approximate surface area is 152 Å². The molecule has 2 aromatic carbocycles. The van der Waals surface area contributed by atoms with E-state index in [1.165, 1.54) is 5.06 Å². The molecule has 5 nitrogen and oxygen atoms in total. The van der Waals surface area contributed by atoms with Crippen molar-refractivity contribution < 1.29 is 14.7 Å². The largest absolute Gasteiger partial charge is 0.508 e. The molecular weight excluding hydrogens is 340 g/mol. The molecule has 1 saturated heterocycles. The lowest BCUT2D eigenvalue weighted by atomic mass is 9.95. The number of carbonyl (C=O) groups is 1. The summed E-state index contributed by atoms with van der Waals surface area (Å²) >= 11 is 6.36. The molecule has 1 fully saturated rings. The molecule has 2 N–H and O–H groups in total. The van der Waals surface area contributed by atoms with Crippen molar-refractivity contribution in [2.45, 2.75) is 26.9 Å². The summed E-state index contributed by atoms with van der Waals surface area (Å²) in [5.41, 5.74) is 1.97. The summed E-state index contributed by atoms with van der Waals surface area (Å²) in [6, 6.07) is 12.7. The van der Waals surface area contributed by atoms with Crippen molar-refractivity contribution in [2.24, 2.45) is 5.41 Å². The molecule has 0 spiro atoms. The van der Waals surface area contributed by atoms with Crippen molar-refractivity contribution in [1.82, 2.24) is 5.06 Å². The van der Waals surface area contributed by atoms with Crippen molar-refractivity contribution in [2.75, 3.05) is 11.9 Å². The van der Waals surface area contributed by atoms with Gasteiger partial charge in [0.1, 0.15) is 5.75 Å². The number of nitrogens with zero attached hydrogens (tertiary/aromatic N) is 1. The molecule has 1 aliphatic rings. The summed E-state index contributed by atoms with van der Waals surface area (Å²) in [4.78, 5) is 17.7. The van der Waals surface area contributed by atoms with E-state index in [0.29, 0.717) is 24.7 Å². The smallest absolute Gasteiger partial charge is 0.254 e. The van der Waals surface area contributed by atoms with Crippen LogP contribution in [0.15, 0.2) is 42.5 Å². The van der Waals surface area contributed by atoms with Gasteiger partial charge in [0.2, 0.25) is 0 Å². The second-order valence-corrected chi connectivity index (χ2v) is 7.19. The average Bonchev–Trinajstić information content (AvgIpc) is 2.83. The second kappa shape index (κ2) is 6.94. The fourth-order valence-corrected chi connectivity index (χ4v) is 2.85. The van der Waals surface area contributed by atoms with Gasteiger partial charge in [-0.15, -0.1) is 0 Å². The van der Waals surface area contributed by atoms with E-state index >= 15 is 0 Å². The van der Waals surface area contributed by atoms with Gasteiger partial charge in [0.15, 0.2) is 0 Å². The normalized spacial score (nSPS) is 16.3. The third kappa shape index (κ3) is 3.89. The van der Waals surface area contributed by atoms with E-state index in [4.69, 9.17) is 16.4 Å². The van der Waals surface area contributed by atoms with Crippen LogP contribution in [0.25, 0.3) is 0 Å². The number of para-hydroxylation sites is 1. The van der Waals surface area contributed by atoms with E-state index in [-0.39, 0.29) is 11.7 Å². The molecule has 1 heterocycles. The molecule has 0 saturated carbocycles. The SMILES string of the molecule is CC1(C)CON(Cc2ccc(NCc3ccccc3O)cc2Cl)C1=O. The highest BCUT2D eigenvalue weighted by Gasteiger charge is 2.40. The predicted molar refractivity (Wildman–Crippen MR) is 97.2 cm³/mol. The number of anilines is 1. The maximum absolute atomic E-state index is 12.2. The lowest BCUT2D eigenvalue weighted by Gasteiger charge is -2.17. The molecular formula is C19H21ClN2O3. The number of amides is 1. The molecule has 2 aromatic rings. The maximum Gasteiger partial charge on any atom is 0.254 e. The van der Waals surface area contributed by atoms with Gasteiger partial charge in [-0.3, -0.25) is 9.63 Å². The Morgan fingerprint density at radius 2 is 2.00 bits per heavy atom.